The van der Waals surface area contributed by atoms with Gasteiger partial charge in [-0.25, -0.2) is 0 Å². The molecule has 0 spiro atoms. The van der Waals surface area contributed by atoms with Crippen LogP contribution in [-0.2, 0) is 19.1 Å². The van der Waals surface area contributed by atoms with E-state index in [-0.39, 0.29) is 17.9 Å². The van der Waals surface area contributed by atoms with Crippen molar-refractivity contribution in [2.75, 3.05) is 13.2 Å². The van der Waals surface area contributed by atoms with Crippen LogP contribution < -0.4 is 0 Å². The van der Waals surface area contributed by atoms with E-state index in [0.717, 1.165) is 57.8 Å². The van der Waals surface area contributed by atoms with Gasteiger partial charge in [-0.2, -0.15) is 0 Å². The van der Waals surface area contributed by atoms with Gasteiger partial charge in [-0.15, -0.1) is 0 Å². The van der Waals surface area contributed by atoms with E-state index >= 15 is 0 Å². The smallest absolute Gasteiger partial charge is 0.308 e. The van der Waals surface area contributed by atoms with Crippen LogP contribution >= 0.6 is 0 Å². The van der Waals surface area contributed by atoms with Gasteiger partial charge >= 0.3 is 11.9 Å². The molecule has 29 heavy (non-hydrogen) atoms. The summed E-state index contributed by atoms with van der Waals surface area (Å²) >= 11 is 0. The molecule has 0 fully saturated rings. The molecule has 0 aromatic rings. The third kappa shape index (κ3) is 17.5. The van der Waals surface area contributed by atoms with Crippen molar-refractivity contribution >= 4 is 11.9 Å². The molecule has 0 N–H and O–H groups in total. The van der Waals surface area contributed by atoms with Crippen LogP contribution in [0.25, 0.3) is 0 Å². The Morgan fingerprint density at radius 1 is 0.655 bits per heavy atom. The van der Waals surface area contributed by atoms with Gasteiger partial charge in [0.25, 0.3) is 0 Å². The standard InChI is InChI=1S/C25H48O4/c1-5-7-16-20-28-24(26)19-15-13-11-9-10-12-14-18-22(3)23(4)25(27)29-21-17-8-6-2/h22-23H,5-21H2,1-4H3. The fourth-order valence-electron chi connectivity index (χ4n) is 3.37. The maximum Gasteiger partial charge on any atom is 0.308 e. The minimum atomic E-state index is -0.0342. The fraction of sp³-hybridized carbons (Fsp3) is 0.920. The predicted octanol–water partition coefficient (Wildman–Crippen LogP) is 7.24. The molecule has 4 nitrogen and oxygen atoms in total. The fourth-order valence-corrected chi connectivity index (χ4v) is 3.37. The van der Waals surface area contributed by atoms with Crippen LogP contribution in [0.2, 0.25) is 0 Å². The van der Waals surface area contributed by atoms with Gasteiger partial charge < -0.3 is 9.47 Å². The van der Waals surface area contributed by atoms with E-state index < -0.39 is 0 Å². The molecule has 0 rings (SSSR count). The molecule has 0 aromatic carbocycles. The van der Waals surface area contributed by atoms with Crippen LogP contribution in [0.4, 0.5) is 0 Å². The first-order chi connectivity index (χ1) is 14.0. The largest absolute Gasteiger partial charge is 0.466 e. The Morgan fingerprint density at radius 2 is 1.17 bits per heavy atom. The van der Waals surface area contributed by atoms with E-state index in [1.54, 1.807) is 0 Å². The Hall–Kier alpha value is -1.06. The molecule has 0 aliphatic rings. The molecule has 0 aliphatic carbocycles. The van der Waals surface area contributed by atoms with E-state index in [4.69, 9.17) is 9.47 Å². The van der Waals surface area contributed by atoms with Crippen molar-refractivity contribution in [3.8, 4) is 0 Å². The molecule has 0 aromatic heterocycles. The molecular formula is C25H48O4. The summed E-state index contributed by atoms with van der Waals surface area (Å²) in [6.07, 6.45) is 16.3. The lowest BCUT2D eigenvalue weighted by atomic mass is 9.90. The zero-order chi connectivity index (χ0) is 21.7. The molecule has 0 heterocycles. The van der Waals surface area contributed by atoms with E-state index in [9.17, 15) is 9.59 Å². The summed E-state index contributed by atoms with van der Waals surface area (Å²) in [7, 11) is 0. The SMILES string of the molecule is CCCCCOC(=O)CCCCCCCCCC(C)C(C)C(=O)OCCCCC. The van der Waals surface area contributed by atoms with Crippen molar-refractivity contribution in [1.82, 2.24) is 0 Å². The second kappa shape index (κ2) is 20.2. The quantitative estimate of drug-likeness (QED) is 0.156. The molecule has 0 bridgehead atoms. The summed E-state index contributed by atoms with van der Waals surface area (Å²) in [6, 6.07) is 0. The third-order valence-electron chi connectivity index (χ3n) is 5.77. The van der Waals surface area contributed by atoms with Gasteiger partial charge in [0.15, 0.2) is 0 Å². The normalized spacial score (nSPS) is 13.1. The summed E-state index contributed by atoms with van der Waals surface area (Å²) in [5, 5.41) is 0. The van der Waals surface area contributed by atoms with Gasteiger partial charge in [-0.05, 0) is 31.6 Å². The number of carbonyl (C=O) groups is 2. The van der Waals surface area contributed by atoms with Crippen LogP contribution in [0.3, 0.4) is 0 Å². The number of hydrogen-bond acceptors (Lipinski definition) is 4. The Bertz CT molecular complexity index is 394. The maximum absolute atomic E-state index is 12.1. The van der Waals surface area contributed by atoms with Gasteiger partial charge in [0.1, 0.15) is 0 Å². The van der Waals surface area contributed by atoms with Crippen LogP contribution in [0.1, 0.15) is 124 Å². The zero-order valence-electron chi connectivity index (χ0n) is 19.8. The average molecular weight is 413 g/mol. The summed E-state index contributed by atoms with van der Waals surface area (Å²) in [5.74, 6) is 0.320. The lowest BCUT2D eigenvalue weighted by molar-refractivity contribution is -0.150. The molecule has 4 heteroatoms. The summed E-state index contributed by atoms with van der Waals surface area (Å²) in [6.45, 7) is 9.62. The van der Waals surface area contributed by atoms with Crippen LogP contribution in [0.5, 0.6) is 0 Å². The highest BCUT2D eigenvalue weighted by Gasteiger charge is 2.21. The molecule has 172 valence electrons. The van der Waals surface area contributed by atoms with Gasteiger partial charge in [0.2, 0.25) is 0 Å². The zero-order valence-corrected chi connectivity index (χ0v) is 19.8. The number of ether oxygens (including phenoxy) is 2. The predicted molar refractivity (Wildman–Crippen MR) is 121 cm³/mol. The number of esters is 2. The maximum atomic E-state index is 12.1. The second-order valence-corrected chi connectivity index (χ2v) is 8.58. The molecule has 0 saturated carbocycles. The van der Waals surface area contributed by atoms with Crippen molar-refractivity contribution in [3.05, 3.63) is 0 Å². The van der Waals surface area contributed by atoms with Crippen molar-refractivity contribution in [2.45, 2.75) is 124 Å². The monoisotopic (exact) mass is 412 g/mol. The molecular weight excluding hydrogens is 364 g/mol. The van der Waals surface area contributed by atoms with Gasteiger partial charge in [-0.1, -0.05) is 91.9 Å². The van der Waals surface area contributed by atoms with Crippen LogP contribution in [-0.4, -0.2) is 25.2 Å². The topological polar surface area (TPSA) is 52.6 Å². The summed E-state index contributed by atoms with van der Waals surface area (Å²) in [4.78, 5) is 23.6. The minimum Gasteiger partial charge on any atom is -0.466 e. The first-order valence-electron chi connectivity index (χ1n) is 12.3. The molecule has 2 unspecified atom stereocenters. The van der Waals surface area contributed by atoms with Crippen molar-refractivity contribution in [2.24, 2.45) is 11.8 Å². The van der Waals surface area contributed by atoms with Gasteiger partial charge in [-0.3, -0.25) is 9.59 Å². The van der Waals surface area contributed by atoms with Crippen LogP contribution in [0.15, 0.2) is 0 Å². The summed E-state index contributed by atoms with van der Waals surface area (Å²) in [5.41, 5.74) is 0. The molecule has 0 saturated heterocycles. The van der Waals surface area contributed by atoms with E-state index in [1.165, 1.54) is 32.1 Å². The number of carbonyl (C=O) groups excluding carboxylic acids is 2. The number of rotatable bonds is 20. The highest BCUT2D eigenvalue weighted by Crippen LogP contribution is 2.21. The van der Waals surface area contributed by atoms with Gasteiger partial charge in [0.05, 0.1) is 19.1 Å². The Balaban J connectivity index is 3.50. The number of unbranched alkanes of at least 4 members (excludes halogenated alkanes) is 10. The van der Waals surface area contributed by atoms with E-state index in [2.05, 4.69) is 20.8 Å². The minimum absolute atomic E-state index is 0.00152. The number of hydrogen-bond donors (Lipinski definition) is 0. The van der Waals surface area contributed by atoms with Crippen LogP contribution in [0, 0.1) is 11.8 Å². The Kier molecular flexibility index (Phi) is 19.5. The lowest BCUT2D eigenvalue weighted by Gasteiger charge is -2.18. The highest BCUT2D eigenvalue weighted by atomic mass is 16.5. The Labute approximate surface area is 180 Å². The van der Waals surface area contributed by atoms with Gasteiger partial charge in [0, 0.05) is 6.42 Å². The van der Waals surface area contributed by atoms with Crippen molar-refractivity contribution < 1.29 is 19.1 Å². The average Bonchev–Trinajstić information content (AvgIpc) is 2.72. The second-order valence-electron chi connectivity index (χ2n) is 8.58. The Morgan fingerprint density at radius 3 is 1.76 bits per heavy atom. The van der Waals surface area contributed by atoms with E-state index in [0.29, 0.717) is 25.6 Å². The molecule has 2 atom stereocenters. The molecule has 0 radical (unpaired) electrons. The first kappa shape index (κ1) is 27.9. The summed E-state index contributed by atoms with van der Waals surface area (Å²) < 4.78 is 10.6. The van der Waals surface area contributed by atoms with Crippen molar-refractivity contribution in [3.63, 3.8) is 0 Å². The van der Waals surface area contributed by atoms with E-state index in [1.807, 2.05) is 6.92 Å². The molecule has 0 amide bonds. The third-order valence-corrected chi connectivity index (χ3v) is 5.77. The highest BCUT2D eigenvalue weighted by molar-refractivity contribution is 5.72. The first-order valence-corrected chi connectivity index (χ1v) is 12.3. The van der Waals surface area contributed by atoms with Crippen molar-refractivity contribution in [1.29, 1.82) is 0 Å². The lowest BCUT2D eigenvalue weighted by Crippen LogP contribution is -2.22. The molecule has 0 aliphatic heterocycles.